The third-order valence-corrected chi connectivity index (χ3v) is 5.44. The SMILES string of the molecule is O=C(c1ccc(-c2cccc(O)c2)nc1)N1CCCC(c2ccccc2)CC1. The minimum atomic E-state index is 0.0451. The molecule has 0 saturated carbocycles. The maximum Gasteiger partial charge on any atom is 0.255 e. The minimum absolute atomic E-state index is 0.0451. The van der Waals surface area contributed by atoms with E-state index in [2.05, 4.69) is 29.2 Å². The summed E-state index contributed by atoms with van der Waals surface area (Å²) in [5, 5.41) is 9.63. The number of aromatic nitrogens is 1. The van der Waals surface area contributed by atoms with E-state index < -0.39 is 0 Å². The van der Waals surface area contributed by atoms with Crippen LogP contribution < -0.4 is 0 Å². The zero-order valence-corrected chi connectivity index (χ0v) is 15.8. The predicted molar refractivity (Wildman–Crippen MR) is 110 cm³/mol. The van der Waals surface area contributed by atoms with E-state index in [0.717, 1.165) is 43.6 Å². The molecule has 1 saturated heterocycles. The second-order valence-electron chi connectivity index (χ2n) is 7.31. The van der Waals surface area contributed by atoms with Gasteiger partial charge in [-0.3, -0.25) is 9.78 Å². The summed E-state index contributed by atoms with van der Waals surface area (Å²) in [5.74, 6) is 0.769. The van der Waals surface area contributed by atoms with Gasteiger partial charge in [0.1, 0.15) is 5.75 Å². The van der Waals surface area contributed by atoms with Crippen molar-refractivity contribution < 1.29 is 9.90 Å². The van der Waals surface area contributed by atoms with Crippen LogP contribution in [0, 0.1) is 0 Å². The van der Waals surface area contributed by atoms with Gasteiger partial charge < -0.3 is 10.0 Å². The number of phenolic OH excluding ortho intramolecular Hbond substituents is 1. The van der Waals surface area contributed by atoms with Gasteiger partial charge in [0.2, 0.25) is 0 Å². The molecule has 1 aromatic heterocycles. The number of aromatic hydroxyl groups is 1. The smallest absolute Gasteiger partial charge is 0.255 e. The first kappa shape index (κ1) is 18.2. The van der Waals surface area contributed by atoms with Gasteiger partial charge in [0, 0.05) is 24.8 Å². The van der Waals surface area contributed by atoms with Crippen LogP contribution in [-0.2, 0) is 0 Å². The molecule has 2 heterocycles. The molecule has 1 fully saturated rings. The molecule has 2 aromatic carbocycles. The summed E-state index contributed by atoms with van der Waals surface area (Å²) < 4.78 is 0. The molecule has 1 amide bonds. The fourth-order valence-electron chi connectivity index (χ4n) is 3.90. The Balaban J connectivity index is 1.44. The van der Waals surface area contributed by atoms with Gasteiger partial charge in [-0.2, -0.15) is 0 Å². The summed E-state index contributed by atoms with van der Waals surface area (Å²) >= 11 is 0. The molecule has 0 spiro atoms. The standard InChI is InChI=1S/C24H24N2O2/c27-22-10-4-8-20(16-22)23-12-11-21(17-25-23)24(28)26-14-5-9-19(13-15-26)18-6-2-1-3-7-18/h1-4,6-8,10-12,16-17,19,27H,5,9,13-15H2. The first-order chi connectivity index (χ1) is 13.7. The zero-order chi connectivity index (χ0) is 19.3. The maximum atomic E-state index is 12.9. The number of benzene rings is 2. The Morgan fingerprint density at radius 3 is 2.57 bits per heavy atom. The van der Waals surface area contributed by atoms with Gasteiger partial charge in [0.25, 0.3) is 5.91 Å². The molecule has 1 aliphatic heterocycles. The average molecular weight is 372 g/mol. The fourth-order valence-corrected chi connectivity index (χ4v) is 3.90. The summed E-state index contributed by atoms with van der Waals surface area (Å²) in [5.41, 5.74) is 3.56. The number of carbonyl (C=O) groups excluding carboxylic acids is 1. The van der Waals surface area contributed by atoms with E-state index in [1.165, 1.54) is 5.56 Å². The van der Waals surface area contributed by atoms with Crippen molar-refractivity contribution in [2.24, 2.45) is 0 Å². The normalized spacial score (nSPS) is 17.1. The molecule has 28 heavy (non-hydrogen) atoms. The molecule has 3 aromatic rings. The largest absolute Gasteiger partial charge is 0.508 e. The number of amides is 1. The Morgan fingerprint density at radius 1 is 0.964 bits per heavy atom. The Kier molecular flexibility index (Phi) is 5.38. The molecular weight excluding hydrogens is 348 g/mol. The van der Waals surface area contributed by atoms with Gasteiger partial charge in [-0.05, 0) is 55.0 Å². The summed E-state index contributed by atoms with van der Waals surface area (Å²) in [6, 6.07) is 21.2. The summed E-state index contributed by atoms with van der Waals surface area (Å²) in [7, 11) is 0. The lowest BCUT2D eigenvalue weighted by Gasteiger charge is -2.21. The molecule has 1 atom stereocenters. The maximum absolute atomic E-state index is 12.9. The molecule has 4 nitrogen and oxygen atoms in total. The number of hydrogen-bond acceptors (Lipinski definition) is 3. The van der Waals surface area contributed by atoms with E-state index in [4.69, 9.17) is 0 Å². The van der Waals surface area contributed by atoms with Gasteiger partial charge >= 0.3 is 0 Å². The van der Waals surface area contributed by atoms with E-state index in [0.29, 0.717) is 11.5 Å². The topological polar surface area (TPSA) is 53.4 Å². The zero-order valence-electron chi connectivity index (χ0n) is 15.8. The minimum Gasteiger partial charge on any atom is -0.508 e. The third kappa shape index (κ3) is 4.06. The van der Waals surface area contributed by atoms with Crippen LogP contribution in [0.3, 0.4) is 0 Å². The summed E-state index contributed by atoms with van der Waals surface area (Å²) in [6.45, 7) is 1.56. The molecule has 4 rings (SSSR count). The van der Waals surface area contributed by atoms with E-state index >= 15 is 0 Å². The highest BCUT2D eigenvalue weighted by molar-refractivity contribution is 5.94. The molecule has 0 bridgehead atoms. The van der Waals surface area contributed by atoms with Crippen LogP contribution >= 0.6 is 0 Å². The highest BCUT2D eigenvalue weighted by atomic mass is 16.3. The van der Waals surface area contributed by atoms with E-state index in [1.54, 1.807) is 24.4 Å². The van der Waals surface area contributed by atoms with Crippen LogP contribution in [0.4, 0.5) is 0 Å². The lowest BCUT2D eigenvalue weighted by molar-refractivity contribution is 0.0760. The highest BCUT2D eigenvalue weighted by Gasteiger charge is 2.22. The van der Waals surface area contributed by atoms with Gasteiger partial charge in [0.15, 0.2) is 0 Å². The number of pyridine rings is 1. The van der Waals surface area contributed by atoms with Crippen molar-refractivity contribution in [3.05, 3.63) is 84.1 Å². The van der Waals surface area contributed by atoms with Crippen LogP contribution in [0.5, 0.6) is 5.75 Å². The third-order valence-electron chi connectivity index (χ3n) is 5.44. The van der Waals surface area contributed by atoms with Gasteiger partial charge in [0.05, 0.1) is 11.3 Å². The number of carbonyl (C=O) groups is 1. The number of nitrogens with zero attached hydrogens (tertiary/aromatic N) is 2. The van der Waals surface area contributed by atoms with Crippen molar-refractivity contribution in [2.75, 3.05) is 13.1 Å². The highest BCUT2D eigenvalue weighted by Crippen LogP contribution is 2.28. The van der Waals surface area contributed by atoms with Crippen molar-refractivity contribution in [1.29, 1.82) is 0 Å². The van der Waals surface area contributed by atoms with Crippen LogP contribution in [0.2, 0.25) is 0 Å². The Labute approximate surface area is 165 Å². The first-order valence-corrected chi connectivity index (χ1v) is 9.80. The molecular formula is C24H24N2O2. The summed E-state index contributed by atoms with van der Waals surface area (Å²) in [4.78, 5) is 19.3. The lowest BCUT2D eigenvalue weighted by atomic mass is 9.92. The molecule has 4 heteroatoms. The lowest BCUT2D eigenvalue weighted by Crippen LogP contribution is -2.32. The summed E-state index contributed by atoms with van der Waals surface area (Å²) in [6.07, 6.45) is 4.76. The number of rotatable bonds is 3. The fraction of sp³-hybridized carbons (Fsp3) is 0.250. The molecule has 0 radical (unpaired) electrons. The van der Waals surface area contributed by atoms with Crippen LogP contribution in [0.15, 0.2) is 72.9 Å². The van der Waals surface area contributed by atoms with Crippen molar-refractivity contribution >= 4 is 5.91 Å². The number of likely N-dealkylation sites (tertiary alicyclic amines) is 1. The first-order valence-electron chi connectivity index (χ1n) is 9.80. The van der Waals surface area contributed by atoms with E-state index in [1.807, 2.05) is 29.2 Å². The quantitative estimate of drug-likeness (QED) is 0.714. The van der Waals surface area contributed by atoms with Crippen molar-refractivity contribution in [3.8, 4) is 17.0 Å². The number of hydrogen-bond donors (Lipinski definition) is 1. The van der Waals surface area contributed by atoms with Gasteiger partial charge in [-0.25, -0.2) is 0 Å². The van der Waals surface area contributed by atoms with Gasteiger partial charge in [-0.15, -0.1) is 0 Å². The second-order valence-corrected chi connectivity index (χ2v) is 7.31. The molecule has 1 aliphatic rings. The Hall–Kier alpha value is -3.14. The van der Waals surface area contributed by atoms with Crippen molar-refractivity contribution in [1.82, 2.24) is 9.88 Å². The van der Waals surface area contributed by atoms with E-state index in [-0.39, 0.29) is 11.7 Å². The molecule has 0 aliphatic carbocycles. The van der Waals surface area contributed by atoms with E-state index in [9.17, 15) is 9.90 Å². The molecule has 142 valence electrons. The van der Waals surface area contributed by atoms with Gasteiger partial charge in [-0.1, -0.05) is 42.5 Å². The molecule has 1 N–H and O–H groups in total. The van der Waals surface area contributed by atoms with Crippen LogP contribution in [0.25, 0.3) is 11.3 Å². The predicted octanol–water partition coefficient (Wildman–Crippen LogP) is 4.86. The van der Waals surface area contributed by atoms with Crippen molar-refractivity contribution in [2.45, 2.75) is 25.2 Å². The van der Waals surface area contributed by atoms with Crippen molar-refractivity contribution in [3.63, 3.8) is 0 Å². The Morgan fingerprint density at radius 2 is 1.82 bits per heavy atom. The molecule has 1 unspecified atom stereocenters. The monoisotopic (exact) mass is 372 g/mol. The van der Waals surface area contributed by atoms with Crippen LogP contribution in [0.1, 0.15) is 41.1 Å². The average Bonchev–Trinajstić information content (AvgIpc) is 3.00. The Bertz CT molecular complexity index is 938. The second kappa shape index (κ2) is 8.26. The van der Waals surface area contributed by atoms with Crippen LogP contribution in [-0.4, -0.2) is 34.0 Å². The number of phenols is 1.